The first-order valence-corrected chi connectivity index (χ1v) is 7.74. The van der Waals surface area contributed by atoms with Crippen molar-refractivity contribution in [2.75, 3.05) is 23.9 Å². The highest BCUT2D eigenvalue weighted by Gasteiger charge is 2.36. The summed E-state index contributed by atoms with van der Waals surface area (Å²) in [6, 6.07) is 1.81. The molecule has 106 valence electrons. The summed E-state index contributed by atoms with van der Waals surface area (Å²) in [5.74, 6) is 1.12. The zero-order valence-electron chi connectivity index (χ0n) is 11.3. The summed E-state index contributed by atoms with van der Waals surface area (Å²) in [6.45, 7) is 0.843. The Balaban J connectivity index is 1.76. The van der Waals surface area contributed by atoms with Crippen LogP contribution in [0.4, 0.5) is 11.9 Å². The molecular formula is C12H17N7S. The number of hydrogen-bond acceptors (Lipinski definition) is 7. The first kappa shape index (κ1) is 13.2. The van der Waals surface area contributed by atoms with Gasteiger partial charge in [-0.25, -0.2) is 4.68 Å². The average molecular weight is 291 g/mol. The smallest absolute Gasteiger partial charge is 0.257 e. The van der Waals surface area contributed by atoms with E-state index in [0.29, 0.717) is 16.6 Å². The monoisotopic (exact) mass is 291 g/mol. The van der Waals surface area contributed by atoms with E-state index in [1.54, 1.807) is 17.1 Å². The number of nitrogens with zero attached hydrogens (tertiary/aromatic N) is 5. The average Bonchev–Trinajstić information content (AvgIpc) is 2.91. The van der Waals surface area contributed by atoms with E-state index < -0.39 is 0 Å². The van der Waals surface area contributed by atoms with Crippen LogP contribution in [0, 0.1) is 0 Å². The maximum absolute atomic E-state index is 5.74. The van der Waals surface area contributed by atoms with Crippen molar-refractivity contribution in [1.82, 2.24) is 24.7 Å². The Labute approximate surface area is 121 Å². The number of nitrogen functional groups attached to an aromatic ring is 1. The van der Waals surface area contributed by atoms with E-state index in [9.17, 15) is 0 Å². The van der Waals surface area contributed by atoms with E-state index in [-0.39, 0.29) is 5.95 Å². The molecular weight excluding hydrogens is 274 g/mol. The van der Waals surface area contributed by atoms with Gasteiger partial charge in [-0.15, -0.1) is 0 Å². The van der Waals surface area contributed by atoms with Crippen LogP contribution in [0.3, 0.4) is 0 Å². The second kappa shape index (κ2) is 5.28. The number of rotatable bonds is 5. The molecule has 0 atom stereocenters. The minimum absolute atomic E-state index is 0.194. The Kier molecular flexibility index (Phi) is 3.47. The van der Waals surface area contributed by atoms with Crippen LogP contribution < -0.4 is 11.1 Å². The zero-order valence-corrected chi connectivity index (χ0v) is 12.1. The van der Waals surface area contributed by atoms with Crippen LogP contribution in [0.15, 0.2) is 18.5 Å². The predicted octanol–water partition coefficient (Wildman–Crippen LogP) is 1.34. The van der Waals surface area contributed by atoms with Crippen molar-refractivity contribution in [3.63, 3.8) is 0 Å². The Morgan fingerprint density at radius 3 is 2.85 bits per heavy atom. The van der Waals surface area contributed by atoms with Gasteiger partial charge in [0.15, 0.2) is 0 Å². The highest BCUT2D eigenvalue weighted by atomic mass is 32.2. The molecule has 3 N–H and O–H groups in total. The van der Waals surface area contributed by atoms with Crippen molar-refractivity contribution >= 4 is 23.7 Å². The Morgan fingerprint density at radius 1 is 1.40 bits per heavy atom. The summed E-state index contributed by atoms with van der Waals surface area (Å²) in [6.07, 6.45) is 9.34. The van der Waals surface area contributed by atoms with Crippen LogP contribution in [0.5, 0.6) is 0 Å². The molecule has 0 radical (unpaired) electrons. The normalized spacial score (nSPS) is 16.6. The topological polar surface area (TPSA) is 94.5 Å². The standard InChI is InChI=1S/C12H17N7S/c1-20-12(4-2-5-12)8-14-10-16-9(13)17-11(18-10)19-7-3-6-15-19/h3,6-7H,2,4-5,8H2,1H3,(H3,13,14,16,17,18). The number of nitrogens with two attached hydrogens (primary N) is 1. The molecule has 0 bridgehead atoms. The minimum Gasteiger partial charge on any atom is -0.368 e. The SMILES string of the molecule is CSC1(CNc2nc(N)nc(-n3cccn3)n2)CCC1. The third-order valence-corrected chi connectivity index (χ3v) is 5.04. The second-order valence-electron chi connectivity index (χ2n) is 4.86. The molecule has 0 aliphatic heterocycles. The summed E-state index contributed by atoms with van der Waals surface area (Å²) in [4.78, 5) is 12.6. The summed E-state index contributed by atoms with van der Waals surface area (Å²) in [5.41, 5.74) is 5.74. The molecule has 2 heterocycles. The fourth-order valence-corrected chi connectivity index (χ4v) is 3.13. The van der Waals surface area contributed by atoms with Gasteiger partial charge in [-0.1, -0.05) is 6.42 Å². The maximum Gasteiger partial charge on any atom is 0.257 e. The molecule has 1 aliphatic carbocycles. The number of aromatic nitrogens is 5. The molecule has 0 amide bonds. The molecule has 1 saturated carbocycles. The van der Waals surface area contributed by atoms with Crippen LogP contribution >= 0.6 is 11.8 Å². The van der Waals surface area contributed by atoms with E-state index >= 15 is 0 Å². The van der Waals surface area contributed by atoms with Gasteiger partial charge < -0.3 is 11.1 Å². The van der Waals surface area contributed by atoms with Crippen molar-refractivity contribution in [2.45, 2.75) is 24.0 Å². The summed E-state index contributed by atoms with van der Waals surface area (Å²) >= 11 is 1.90. The molecule has 3 rings (SSSR count). The van der Waals surface area contributed by atoms with E-state index in [1.165, 1.54) is 19.3 Å². The quantitative estimate of drug-likeness (QED) is 0.858. The van der Waals surface area contributed by atoms with Crippen LogP contribution in [-0.2, 0) is 0 Å². The first-order chi connectivity index (χ1) is 9.71. The van der Waals surface area contributed by atoms with Gasteiger partial charge in [0.2, 0.25) is 11.9 Å². The molecule has 0 spiro atoms. The van der Waals surface area contributed by atoms with Crippen LogP contribution in [0.1, 0.15) is 19.3 Å². The van der Waals surface area contributed by atoms with E-state index in [0.717, 1.165) is 6.54 Å². The van der Waals surface area contributed by atoms with Crippen molar-refractivity contribution in [3.05, 3.63) is 18.5 Å². The summed E-state index contributed by atoms with van der Waals surface area (Å²) in [7, 11) is 0. The molecule has 8 heteroatoms. The third-order valence-electron chi connectivity index (χ3n) is 3.62. The van der Waals surface area contributed by atoms with E-state index in [4.69, 9.17) is 5.73 Å². The third kappa shape index (κ3) is 2.55. The Bertz CT molecular complexity index is 574. The maximum atomic E-state index is 5.74. The van der Waals surface area contributed by atoms with Gasteiger partial charge in [0, 0.05) is 23.7 Å². The molecule has 7 nitrogen and oxygen atoms in total. The molecule has 0 aromatic carbocycles. The van der Waals surface area contributed by atoms with Crippen molar-refractivity contribution in [2.24, 2.45) is 0 Å². The first-order valence-electron chi connectivity index (χ1n) is 6.51. The van der Waals surface area contributed by atoms with Crippen LogP contribution in [0.25, 0.3) is 5.95 Å². The predicted molar refractivity (Wildman–Crippen MR) is 79.9 cm³/mol. The number of thioether (sulfide) groups is 1. The largest absolute Gasteiger partial charge is 0.368 e. The molecule has 1 aliphatic rings. The Morgan fingerprint density at radius 2 is 2.25 bits per heavy atom. The molecule has 2 aromatic heterocycles. The lowest BCUT2D eigenvalue weighted by Gasteiger charge is -2.40. The van der Waals surface area contributed by atoms with Crippen molar-refractivity contribution in [3.8, 4) is 5.95 Å². The number of nitrogens with one attached hydrogen (secondary N) is 1. The lowest BCUT2D eigenvalue weighted by molar-refractivity contribution is 0.379. The number of hydrogen-bond donors (Lipinski definition) is 2. The highest BCUT2D eigenvalue weighted by Crippen LogP contribution is 2.42. The van der Waals surface area contributed by atoms with Gasteiger partial charge in [0.25, 0.3) is 5.95 Å². The minimum atomic E-state index is 0.194. The fourth-order valence-electron chi connectivity index (χ4n) is 2.21. The van der Waals surface area contributed by atoms with Crippen molar-refractivity contribution in [1.29, 1.82) is 0 Å². The highest BCUT2D eigenvalue weighted by molar-refractivity contribution is 8.00. The summed E-state index contributed by atoms with van der Waals surface area (Å²) in [5, 5.41) is 7.37. The van der Waals surface area contributed by atoms with Gasteiger partial charge in [0.1, 0.15) is 0 Å². The van der Waals surface area contributed by atoms with E-state index in [1.807, 2.05) is 17.8 Å². The molecule has 1 fully saturated rings. The Hall–Kier alpha value is -1.83. The molecule has 0 saturated heterocycles. The second-order valence-corrected chi connectivity index (χ2v) is 6.14. The van der Waals surface area contributed by atoms with Crippen molar-refractivity contribution < 1.29 is 0 Å². The van der Waals surface area contributed by atoms with Gasteiger partial charge in [0.05, 0.1) is 0 Å². The van der Waals surface area contributed by atoms with Gasteiger partial charge in [-0.05, 0) is 25.2 Å². The number of anilines is 2. The lowest BCUT2D eigenvalue weighted by atomic mass is 9.84. The van der Waals surface area contributed by atoms with Gasteiger partial charge in [-0.3, -0.25) is 0 Å². The lowest BCUT2D eigenvalue weighted by Crippen LogP contribution is -2.40. The van der Waals surface area contributed by atoms with E-state index in [2.05, 4.69) is 31.6 Å². The van der Waals surface area contributed by atoms with Crippen LogP contribution in [0.2, 0.25) is 0 Å². The molecule has 2 aromatic rings. The van der Waals surface area contributed by atoms with Crippen LogP contribution in [-0.4, -0.2) is 42.3 Å². The van der Waals surface area contributed by atoms with Gasteiger partial charge >= 0.3 is 0 Å². The molecule has 0 unspecified atom stereocenters. The zero-order chi connectivity index (χ0) is 14.0. The molecule has 20 heavy (non-hydrogen) atoms. The summed E-state index contributed by atoms with van der Waals surface area (Å²) < 4.78 is 1.88. The fraction of sp³-hybridized carbons (Fsp3) is 0.500. The van der Waals surface area contributed by atoms with Gasteiger partial charge in [-0.2, -0.15) is 31.8 Å².